The lowest BCUT2D eigenvalue weighted by Gasteiger charge is -2.46. The van der Waals surface area contributed by atoms with E-state index in [-0.39, 0.29) is 5.66 Å². The minimum absolute atomic E-state index is 0.289. The van der Waals surface area contributed by atoms with E-state index in [4.69, 9.17) is 5.73 Å². The normalized spacial score (nSPS) is 26.3. The number of hydrogen-bond acceptors (Lipinski definition) is 3. The molecule has 1 atom stereocenters. The van der Waals surface area contributed by atoms with Crippen molar-refractivity contribution in [2.24, 2.45) is 5.73 Å². The van der Waals surface area contributed by atoms with Crippen molar-refractivity contribution in [3.05, 3.63) is 24.3 Å². The third kappa shape index (κ3) is 1.24. The maximum Gasteiger partial charge on any atom is 0.103 e. The molecule has 1 aliphatic heterocycles. The van der Waals surface area contributed by atoms with E-state index in [9.17, 15) is 0 Å². The molecule has 1 aromatic rings. The molecule has 2 rings (SSSR count). The van der Waals surface area contributed by atoms with Crippen LogP contribution in [0.1, 0.15) is 6.92 Å². The van der Waals surface area contributed by atoms with Crippen LogP contribution in [0, 0.1) is 0 Å². The van der Waals surface area contributed by atoms with Gasteiger partial charge in [0, 0.05) is 14.1 Å². The molecule has 0 saturated heterocycles. The molecule has 0 bridgehead atoms. The molecule has 0 fully saturated rings. The number of benzene rings is 1. The highest BCUT2D eigenvalue weighted by molar-refractivity contribution is 5.74. The Balaban J connectivity index is 2.52. The zero-order chi connectivity index (χ0) is 10.3. The quantitative estimate of drug-likeness (QED) is 0.670. The highest BCUT2D eigenvalue weighted by atomic mass is 15.3. The van der Waals surface area contributed by atoms with Gasteiger partial charge in [0.15, 0.2) is 0 Å². The van der Waals surface area contributed by atoms with E-state index < -0.39 is 0 Å². The molecule has 0 amide bonds. The van der Waals surface area contributed by atoms with Gasteiger partial charge in [0.05, 0.1) is 17.9 Å². The van der Waals surface area contributed by atoms with Crippen LogP contribution in [0.4, 0.5) is 11.4 Å². The summed E-state index contributed by atoms with van der Waals surface area (Å²) >= 11 is 0. The molecular formula is C11H17N3. The molecule has 0 aromatic heterocycles. The van der Waals surface area contributed by atoms with Crippen LogP contribution in [-0.4, -0.2) is 26.3 Å². The Morgan fingerprint density at radius 3 is 2.43 bits per heavy atom. The molecule has 3 nitrogen and oxygen atoms in total. The minimum Gasteiger partial charge on any atom is -0.369 e. The number of hydrogen-bond donors (Lipinski definition) is 1. The Bertz CT molecular complexity index is 346. The maximum absolute atomic E-state index is 6.21. The summed E-state index contributed by atoms with van der Waals surface area (Å²) in [5.74, 6) is 0. The fourth-order valence-electron chi connectivity index (χ4n) is 2.02. The number of rotatable bonds is 0. The first-order valence-electron chi connectivity index (χ1n) is 4.85. The van der Waals surface area contributed by atoms with Gasteiger partial charge in [-0.05, 0) is 19.1 Å². The van der Waals surface area contributed by atoms with Gasteiger partial charge in [-0.1, -0.05) is 12.1 Å². The fourth-order valence-corrected chi connectivity index (χ4v) is 2.02. The predicted octanol–water partition coefficient (Wildman–Crippen LogP) is 1.25. The molecule has 2 N–H and O–H groups in total. The molecular weight excluding hydrogens is 174 g/mol. The molecule has 3 heteroatoms. The summed E-state index contributed by atoms with van der Waals surface area (Å²) in [6, 6.07) is 8.34. The topological polar surface area (TPSA) is 32.5 Å². The van der Waals surface area contributed by atoms with Gasteiger partial charge in [-0.2, -0.15) is 0 Å². The highest BCUT2D eigenvalue weighted by Gasteiger charge is 2.32. The van der Waals surface area contributed by atoms with Crippen molar-refractivity contribution >= 4 is 11.4 Å². The second kappa shape index (κ2) is 2.89. The molecule has 1 heterocycles. The lowest BCUT2D eigenvalue weighted by molar-refractivity contribution is 0.449. The minimum atomic E-state index is -0.289. The van der Waals surface area contributed by atoms with Gasteiger partial charge in [0.1, 0.15) is 5.66 Å². The number of anilines is 2. The van der Waals surface area contributed by atoms with Crippen molar-refractivity contribution < 1.29 is 0 Å². The van der Waals surface area contributed by atoms with Crippen molar-refractivity contribution in [2.75, 3.05) is 30.4 Å². The number of nitrogens with two attached hydrogens (primary N) is 1. The second-order valence-electron chi connectivity index (χ2n) is 4.26. The number of likely N-dealkylation sites (N-methyl/N-ethyl adjacent to an activating group) is 2. The Labute approximate surface area is 85.1 Å². The Morgan fingerprint density at radius 1 is 1.21 bits per heavy atom. The average molecular weight is 191 g/mol. The maximum atomic E-state index is 6.21. The molecule has 0 saturated carbocycles. The molecule has 76 valence electrons. The molecule has 1 aliphatic rings. The zero-order valence-corrected chi connectivity index (χ0v) is 8.99. The van der Waals surface area contributed by atoms with E-state index in [0.717, 1.165) is 6.54 Å². The molecule has 0 aliphatic carbocycles. The highest BCUT2D eigenvalue weighted by Crippen LogP contribution is 2.35. The van der Waals surface area contributed by atoms with Crippen LogP contribution in [0.2, 0.25) is 0 Å². The van der Waals surface area contributed by atoms with Gasteiger partial charge in [-0.15, -0.1) is 0 Å². The summed E-state index contributed by atoms with van der Waals surface area (Å²) in [5, 5.41) is 0. The zero-order valence-electron chi connectivity index (χ0n) is 8.99. The average Bonchev–Trinajstić information content (AvgIpc) is 2.14. The lowest BCUT2D eigenvalue weighted by Crippen LogP contribution is -2.61. The van der Waals surface area contributed by atoms with Crippen LogP contribution in [0.3, 0.4) is 0 Å². The van der Waals surface area contributed by atoms with Gasteiger partial charge in [0.2, 0.25) is 0 Å². The monoisotopic (exact) mass is 191 g/mol. The van der Waals surface area contributed by atoms with Gasteiger partial charge in [-0.3, -0.25) is 0 Å². The van der Waals surface area contributed by atoms with Crippen LogP contribution in [0.25, 0.3) is 0 Å². The van der Waals surface area contributed by atoms with Crippen molar-refractivity contribution in [3.8, 4) is 0 Å². The second-order valence-corrected chi connectivity index (χ2v) is 4.26. The lowest BCUT2D eigenvalue weighted by atomic mass is 10.1. The van der Waals surface area contributed by atoms with Crippen LogP contribution in [-0.2, 0) is 0 Å². The molecule has 1 aromatic carbocycles. The van der Waals surface area contributed by atoms with Crippen LogP contribution in [0.5, 0.6) is 0 Å². The van der Waals surface area contributed by atoms with E-state index in [1.807, 2.05) is 13.1 Å². The molecule has 0 radical (unpaired) electrons. The molecule has 0 spiro atoms. The number of nitrogens with zero attached hydrogens (tertiary/aromatic N) is 2. The molecule has 14 heavy (non-hydrogen) atoms. The smallest absolute Gasteiger partial charge is 0.103 e. The first kappa shape index (κ1) is 9.34. The number of fused-ring (bicyclic) bond motifs is 1. The third-order valence-electron chi connectivity index (χ3n) is 2.98. The van der Waals surface area contributed by atoms with Crippen molar-refractivity contribution in [3.63, 3.8) is 0 Å². The van der Waals surface area contributed by atoms with E-state index >= 15 is 0 Å². The predicted molar refractivity (Wildman–Crippen MR) is 60.7 cm³/mol. The Morgan fingerprint density at radius 2 is 1.79 bits per heavy atom. The van der Waals surface area contributed by atoms with Crippen molar-refractivity contribution in [1.82, 2.24) is 0 Å². The standard InChI is InChI=1S/C11H17N3/c1-11(12)8-13(2)9-6-4-5-7-10(9)14(11)3/h4-7H,8,12H2,1-3H3. The van der Waals surface area contributed by atoms with Crippen molar-refractivity contribution in [1.29, 1.82) is 0 Å². The summed E-state index contributed by atoms with van der Waals surface area (Å²) in [6.45, 7) is 2.90. The fraction of sp³-hybridized carbons (Fsp3) is 0.455. The van der Waals surface area contributed by atoms with Gasteiger partial charge >= 0.3 is 0 Å². The van der Waals surface area contributed by atoms with Crippen LogP contribution < -0.4 is 15.5 Å². The van der Waals surface area contributed by atoms with E-state index in [1.54, 1.807) is 0 Å². The first-order chi connectivity index (χ1) is 6.52. The van der Waals surface area contributed by atoms with Gasteiger partial charge in [0.25, 0.3) is 0 Å². The van der Waals surface area contributed by atoms with Crippen LogP contribution >= 0.6 is 0 Å². The van der Waals surface area contributed by atoms with E-state index in [2.05, 4.69) is 42.0 Å². The summed E-state index contributed by atoms with van der Waals surface area (Å²) in [4.78, 5) is 4.34. The first-order valence-corrected chi connectivity index (χ1v) is 4.85. The van der Waals surface area contributed by atoms with E-state index in [0.29, 0.717) is 0 Å². The van der Waals surface area contributed by atoms with Crippen LogP contribution in [0.15, 0.2) is 24.3 Å². The summed E-state index contributed by atoms with van der Waals surface area (Å²) < 4.78 is 0. The molecule has 1 unspecified atom stereocenters. The largest absolute Gasteiger partial charge is 0.369 e. The van der Waals surface area contributed by atoms with Crippen molar-refractivity contribution in [2.45, 2.75) is 12.6 Å². The van der Waals surface area contributed by atoms with E-state index in [1.165, 1.54) is 11.4 Å². The SMILES string of the molecule is CN1CC(C)(N)N(C)c2ccccc21. The van der Waals surface area contributed by atoms with Gasteiger partial charge < -0.3 is 15.5 Å². The van der Waals surface area contributed by atoms with Gasteiger partial charge in [-0.25, -0.2) is 0 Å². The summed E-state index contributed by atoms with van der Waals surface area (Å²) in [7, 11) is 4.13. The third-order valence-corrected chi connectivity index (χ3v) is 2.98. The number of para-hydroxylation sites is 2. The Hall–Kier alpha value is -1.22. The summed E-state index contributed by atoms with van der Waals surface area (Å²) in [6.07, 6.45) is 0. The Kier molecular flexibility index (Phi) is 1.93. The summed E-state index contributed by atoms with van der Waals surface area (Å²) in [5.41, 5.74) is 8.37.